The molecule has 0 aromatic heterocycles. The van der Waals surface area contributed by atoms with Crippen molar-refractivity contribution in [1.82, 2.24) is 5.32 Å². The van der Waals surface area contributed by atoms with Crippen molar-refractivity contribution in [2.45, 2.75) is 52.0 Å². The lowest BCUT2D eigenvalue weighted by atomic mass is 9.91. The van der Waals surface area contributed by atoms with E-state index in [-0.39, 0.29) is 6.04 Å². The van der Waals surface area contributed by atoms with Crippen LogP contribution in [0.1, 0.15) is 46.0 Å². The average Bonchev–Trinajstić information content (AvgIpc) is 2.35. The highest BCUT2D eigenvalue weighted by Crippen LogP contribution is 2.18. The van der Waals surface area contributed by atoms with Gasteiger partial charge >= 0.3 is 0 Å². The quantitative estimate of drug-likeness (QED) is 0.724. The van der Waals surface area contributed by atoms with E-state index in [2.05, 4.69) is 19.2 Å². The second-order valence-electron chi connectivity index (χ2n) is 4.67. The van der Waals surface area contributed by atoms with Crippen LogP contribution in [0.25, 0.3) is 0 Å². The van der Waals surface area contributed by atoms with Crippen molar-refractivity contribution in [1.29, 1.82) is 0 Å². The Kier molecular flexibility index (Phi) is 6.65. The first-order chi connectivity index (χ1) is 7.77. The molecule has 1 aliphatic heterocycles. The Morgan fingerprint density at radius 2 is 2.31 bits per heavy atom. The minimum Gasteiger partial charge on any atom is -0.378 e. The predicted octanol–water partition coefficient (Wildman–Crippen LogP) is 2.15. The summed E-state index contributed by atoms with van der Waals surface area (Å²) in [5.41, 5.74) is 0. The number of Topliss-reactive ketones (excluding diaryl/α,β-unsaturated/α-hetero) is 1. The summed E-state index contributed by atoms with van der Waals surface area (Å²) in [6.07, 6.45) is 5.47. The number of carbonyl (C=O) groups excluding carboxylic acids is 1. The number of hydrogen-bond acceptors (Lipinski definition) is 3. The van der Waals surface area contributed by atoms with Crippen LogP contribution in [0.15, 0.2) is 0 Å². The van der Waals surface area contributed by atoms with Gasteiger partial charge in [-0.2, -0.15) is 0 Å². The van der Waals surface area contributed by atoms with E-state index in [9.17, 15) is 4.79 Å². The summed E-state index contributed by atoms with van der Waals surface area (Å²) in [5.74, 6) is 0.902. The van der Waals surface area contributed by atoms with Gasteiger partial charge in [-0.15, -0.1) is 0 Å². The maximum atomic E-state index is 12.0. The molecule has 16 heavy (non-hydrogen) atoms. The highest BCUT2D eigenvalue weighted by Gasteiger charge is 2.23. The van der Waals surface area contributed by atoms with Crippen molar-refractivity contribution < 1.29 is 9.53 Å². The topological polar surface area (TPSA) is 38.3 Å². The van der Waals surface area contributed by atoms with Crippen LogP contribution >= 0.6 is 0 Å². The number of morpholine rings is 1. The summed E-state index contributed by atoms with van der Waals surface area (Å²) >= 11 is 0. The Balaban J connectivity index is 2.29. The molecular formula is C13H25NO2. The van der Waals surface area contributed by atoms with Gasteiger partial charge in [-0.1, -0.05) is 39.5 Å². The normalized spacial score (nSPS) is 23.0. The van der Waals surface area contributed by atoms with Crippen LogP contribution in [0.3, 0.4) is 0 Å². The molecule has 0 radical (unpaired) electrons. The van der Waals surface area contributed by atoms with Gasteiger partial charge in [0.15, 0.2) is 5.78 Å². The third-order valence-electron chi connectivity index (χ3n) is 3.34. The second-order valence-corrected chi connectivity index (χ2v) is 4.67. The van der Waals surface area contributed by atoms with Crippen LogP contribution in [0, 0.1) is 5.92 Å². The van der Waals surface area contributed by atoms with Gasteiger partial charge in [0.2, 0.25) is 0 Å². The van der Waals surface area contributed by atoms with Crippen LogP contribution < -0.4 is 5.32 Å². The number of ketones is 1. The van der Waals surface area contributed by atoms with E-state index < -0.39 is 0 Å². The van der Waals surface area contributed by atoms with Gasteiger partial charge in [-0.05, 0) is 5.92 Å². The van der Waals surface area contributed by atoms with E-state index in [1.165, 1.54) is 19.3 Å². The second kappa shape index (κ2) is 7.80. The van der Waals surface area contributed by atoms with E-state index >= 15 is 0 Å². The van der Waals surface area contributed by atoms with Crippen molar-refractivity contribution in [3.05, 3.63) is 0 Å². The molecule has 1 N–H and O–H groups in total. The Hall–Kier alpha value is -0.410. The van der Waals surface area contributed by atoms with Crippen molar-refractivity contribution in [2.24, 2.45) is 5.92 Å². The fourth-order valence-electron chi connectivity index (χ4n) is 2.14. The maximum absolute atomic E-state index is 12.0. The molecule has 0 saturated carbocycles. The summed E-state index contributed by atoms with van der Waals surface area (Å²) in [5, 5.41) is 3.23. The van der Waals surface area contributed by atoms with Gasteiger partial charge in [0.1, 0.15) is 0 Å². The lowest BCUT2D eigenvalue weighted by Crippen LogP contribution is -2.46. The lowest BCUT2D eigenvalue weighted by Gasteiger charge is -2.24. The van der Waals surface area contributed by atoms with Crippen LogP contribution in [-0.2, 0) is 9.53 Å². The Morgan fingerprint density at radius 1 is 1.50 bits per heavy atom. The van der Waals surface area contributed by atoms with Gasteiger partial charge in [-0.3, -0.25) is 4.79 Å². The molecule has 1 fully saturated rings. The van der Waals surface area contributed by atoms with Crippen LogP contribution in [0.4, 0.5) is 0 Å². The van der Waals surface area contributed by atoms with Crippen molar-refractivity contribution in [3.8, 4) is 0 Å². The average molecular weight is 227 g/mol. The molecule has 0 spiro atoms. The molecule has 0 amide bonds. The first kappa shape index (κ1) is 13.7. The summed E-state index contributed by atoms with van der Waals surface area (Å²) in [4.78, 5) is 12.0. The van der Waals surface area contributed by atoms with Crippen LogP contribution in [0.5, 0.6) is 0 Å². The molecule has 1 saturated heterocycles. The molecule has 0 aromatic rings. The molecule has 0 bridgehead atoms. The molecule has 0 aliphatic carbocycles. The van der Waals surface area contributed by atoms with Crippen molar-refractivity contribution in [3.63, 3.8) is 0 Å². The van der Waals surface area contributed by atoms with E-state index in [4.69, 9.17) is 4.74 Å². The maximum Gasteiger partial charge on any atom is 0.152 e. The zero-order valence-corrected chi connectivity index (χ0v) is 10.6. The molecule has 1 rings (SSSR count). The first-order valence-corrected chi connectivity index (χ1v) is 6.61. The summed E-state index contributed by atoms with van der Waals surface area (Å²) in [7, 11) is 0. The zero-order chi connectivity index (χ0) is 11.8. The largest absolute Gasteiger partial charge is 0.378 e. The number of hydrogen-bond donors (Lipinski definition) is 1. The fourth-order valence-corrected chi connectivity index (χ4v) is 2.14. The summed E-state index contributed by atoms with van der Waals surface area (Å²) in [6, 6.07) is -0.0515. The van der Waals surface area contributed by atoms with Gasteiger partial charge < -0.3 is 10.1 Å². The minimum absolute atomic E-state index is 0.0515. The van der Waals surface area contributed by atoms with E-state index in [1.54, 1.807) is 0 Å². The molecule has 94 valence electrons. The monoisotopic (exact) mass is 227 g/mol. The minimum atomic E-state index is -0.0515. The first-order valence-electron chi connectivity index (χ1n) is 6.61. The molecule has 2 atom stereocenters. The molecule has 0 aromatic carbocycles. The van der Waals surface area contributed by atoms with E-state index in [1.807, 2.05) is 0 Å². The number of unbranched alkanes of at least 4 members (excludes halogenated alkanes) is 1. The van der Waals surface area contributed by atoms with Gasteiger partial charge in [0.05, 0.1) is 19.3 Å². The lowest BCUT2D eigenvalue weighted by molar-refractivity contribution is -0.124. The standard InChI is InChI=1S/C13H25NO2/c1-3-5-6-11(4-2)9-13(15)12-10-16-8-7-14-12/h11-12,14H,3-10H2,1-2H3. The van der Waals surface area contributed by atoms with Crippen molar-refractivity contribution in [2.75, 3.05) is 19.8 Å². The molecule has 1 heterocycles. The molecule has 3 nitrogen and oxygen atoms in total. The number of ether oxygens (including phenoxy) is 1. The Bertz CT molecular complexity index is 200. The summed E-state index contributed by atoms with van der Waals surface area (Å²) in [6.45, 7) is 6.48. The molecule has 2 unspecified atom stereocenters. The number of nitrogens with one attached hydrogen (secondary N) is 1. The smallest absolute Gasteiger partial charge is 0.152 e. The molecular weight excluding hydrogens is 202 g/mol. The Morgan fingerprint density at radius 3 is 2.88 bits per heavy atom. The van der Waals surface area contributed by atoms with E-state index in [0.29, 0.717) is 18.3 Å². The number of rotatable bonds is 7. The predicted molar refractivity (Wildman–Crippen MR) is 65.5 cm³/mol. The SMILES string of the molecule is CCCCC(CC)CC(=O)C1COCCN1. The highest BCUT2D eigenvalue weighted by atomic mass is 16.5. The zero-order valence-electron chi connectivity index (χ0n) is 10.6. The third-order valence-corrected chi connectivity index (χ3v) is 3.34. The van der Waals surface area contributed by atoms with Gasteiger partial charge in [0.25, 0.3) is 0 Å². The molecule has 1 aliphatic rings. The van der Waals surface area contributed by atoms with Gasteiger partial charge in [-0.25, -0.2) is 0 Å². The van der Waals surface area contributed by atoms with Crippen LogP contribution in [0.2, 0.25) is 0 Å². The van der Waals surface area contributed by atoms with Crippen molar-refractivity contribution >= 4 is 5.78 Å². The van der Waals surface area contributed by atoms with Gasteiger partial charge in [0, 0.05) is 13.0 Å². The Labute approximate surface area is 98.9 Å². The van der Waals surface area contributed by atoms with E-state index in [0.717, 1.165) is 26.0 Å². The third kappa shape index (κ3) is 4.62. The fraction of sp³-hybridized carbons (Fsp3) is 0.923. The number of carbonyl (C=O) groups is 1. The summed E-state index contributed by atoms with van der Waals surface area (Å²) < 4.78 is 5.32. The van der Waals surface area contributed by atoms with Crippen LogP contribution in [-0.4, -0.2) is 31.6 Å². The molecule has 3 heteroatoms. The highest BCUT2D eigenvalue weighted by molar-refractivity contribution is 5.84.